The molecule has 2 nitrogen and oxygen atoms in total. The maximum absolute atomic E-state index is 6.09. The average molecular weight is 520 g/mol. The van der Waals surface area contributed by atoms with Gasteiger partial charge >= 0.3 is 0 Å². The van der Waals surface area contributed by atoms with Crippen LogP contribution in [0.4, 0.5) is 0 Å². The van der Waals surface area contributed by atoms with Gasteiger partial charge in [-0.2, -0.15) is 0 Å². The summed E-state index contributed by atoms with van der Waals surface area (Å²) < 4.78 is 13.6. The summed E-state index contributed by atoms with van der Waals surface area (Å²) in [6.07, 6.45) is 0.838. The molecule has 0 aromatic heterocycles. The van der Waals surface area contributed by atoms with Gasteiger partial charge in [0.15, 0.2) is 0 Å². The van der Waals surface area contributed by atoms with E-state index in [0.29, 0.717) is 6.61 Å². The van der Waals surface area contributed by atoms with Crippen molar-refractivity contribution in [2.75, 3.05) is 7.11 Å². The molecule has 4 heteroatoms. The Morgan fingerprint density at radius 2 is 1.82 bits per heavy atom. The van der Waals surface area contributed by atoms with Gasteiger partial charge in [-0.1, -0.05) is 24.3 Å². The van der Waals surface area contributed by atoms with Crippen molar-refractivity contribution in [1.82, 2.24) is 0 Å². The van der Waals surface area contributed by atoms with E-state index in [0.717, 1.165) is 32.6 Å². The minimum absolute atomic E-state index is 0.545. The van der Waals surface area contributed by atoms with E-state index in [1.54, 1.807) is 7.11 Å². The van der Waals surface area contributed by atoms with Gasteiger partial charge < -0.3 is 9.47 Å². The van der Waals surface area contributed by atoms with Crippen LogP contribution in [0.25, 0.3) is 0 Å². The number of rotatable bonds is 6. The van der Waals surface area contributed by atoms with E-state index < -0.39 is 0 Å². The van der Waals surface area contributed by atoms with Crippen LogP contribution in [0.3, 0.4) is 0 Å². The highest BCUT2D eigenvalue weighted by molar-refractivity contribution is 14.1. The van der Waals surface area contributed by atoms with Gasteiger partial charge in [0.25, 0.3) is 0 Å². The Morgan fingerprint density at radius 1 is 1.14 bits per heavy atom. The van der Waals surface area contributed by atoms with Gasteiger partial charge in [0, 0.05) is 9.13 Å². The third kappa shape index (κ3) is 4.87. The molecule has 0 saturated carbocycles. The van der Waals surface area contributed by atoms with Gasteiger partial charge in [0.1, 0.15) is 18.1 Å². The van der Waals surface area contributed by atoms with E-state index in [2.05, 4.69) is 63.9 Å². The monoisotopic (exact) mass is 520 g/mol. The molecule has 2 aromatic rings. The SMILES string of the molecule is C=C(C)Cc1cc(I)cc(I)c1OCc1ccc(OC)cc1. The number of halogens is 2. The lowest BCUT2D eigenvalue weighted by Gasteiger charge is -2.14. The van der Waals surface area contributed by atoms with Crippen LogP contribution < -0.4 is 9.47 Å². The van der Waals surface area contributed by atoms with Crippen LogP contribution in [0.5, 0.6) is 11.5 Å². The fourth-order valence-corrected chi connectivity index (χ4v) is 4.23. The molecule has 0 aliphatic heterocycles. The zero-order valence-electron chi connectivity index (χ0n) is 12.7. The second-order valence-corrected chi connectivity index (χ2v) is 7.55. The third-order valence-corrected chi connectivity index (χ3v) is 4.54. The van der Waals surface area contributed by atoms with Crippen LogP contribution in [0.2, 0.25) is 0 Å². The molecule has 2 aromatic carbocycles. The fourth-order valence-electron chi connectivity index (χ4n) is 2.11. The molecule has 0 amide bonds. The first-order chi connectivity index (χ1) is 10.5. The number of ether oxygens (including phenoxy) is 2. The molecule has 0 aliphatic carbocycles. The quantitative estimate of drug-likeness (QED) is 0.365. The van der Waals surface area contributed by atoms with Crippen molar-refractivity contribution in [3.63, 3.8) is 0 Å². The van der Waals surface area contributed by atoms with Crippen LogP contribution in [-0.2, 0) is 13.0 Å². The summed E-state index contributed by atoms with van der Waals surface area (Å²) in [6.45, 7) is 6.60. The van der Waals surface area contributed by atoms with E-state index in [4.69, 9.17) is 9.47 Å². The number of benzene rings is 2. The molecule has 0 radical (unpaired) electrons. The standard InChI is InChI=1S/C18H18I2O2/c1-12(2)8-14-9-15(19)10-17(20)18(14)22-11-13-4-6-16(21-3)7-5-13/h4-7,9-10H,1,8,11H2,2-3H3. The molecule has 0 N–H and O–H groups in total. The Morgan fingerprint density at radius 3 is 2.41 bits per heavy atom. The van der Waals surface area contributed by atoms with E-state index in [-0.39, 0.29) is 0 Å². The van der Waals surface area contributed by atoms with Gasteiger partial charge in [0.05, 0.1) is 10.7 Å². The van der Waals surface area contributed by atoms with Crippen LogP contribution >= 0.6 is 45.2 Å². The first-order valence-corrected chi connectivity index (χ1v) is 9.03. The molecule has 0 fully saturated rings. The second-order valence-electron chi connectivity index (χ2n) is 5.15. The molecule has 0 saturated heterocycles. The Balaban J connectivity index is 2.18. The lowest BCUT2D eigenvalue weighted by molar-refractivity contribution is 0.301. The van der Waals surface area contributed by atoms with Crippen LogP contribution in [0, 0.1) is 7.14 Å². The third-order valence-electron chi connectivity index (χ3n) is 3.12. The van der Waals surface area contributed by atoms with E-state index >= 15 is 0 Å². The van der Waals surface area contributed by atoms with Crippen molar-refractivity contribution in [1.29, 1.82) is 0 Å². The van der Waals surface area contributed by atoms with Gasteiger partial charge in [0.2, 0.25) is 0 Å². The summed E-state index contributed by atoms with van der Waals surface area (Å²) in [7, 11) is 1.67. The van der Waals surface area contributed by atoms with Crippen molar-refractivity contribution in [2.45, 2.75) is 20.0 Å². The molecule has 0 atom stereocenters. The molecule has 116 valence electrons. The van der Waals surface area contributed by atoms with E-state index in [9.17, 15) is 0 Å². The maximum atomic E-state index is 6.09. The fraction of sp³-hybridized carbons (Fsp3) is 0.222. The van der Waals surface area contributed by atoms with Crippen molar-refractivity contribution in [3.8, 4) is 11.5 Å². The summed E-state index contributed by atoms with van der Waals surface area (Å²) in [5.41, 5.74) is 3.45. The zero-order chi connectivity index (χ0) is 16.1. The molecule has 0 heterocycles. The number of hydrogen-bond donors (Lipinski definition) is 0. The highest BCUT2D eigenvalue weighted by Crippen LogP contribution is 2.30. The number of hydrogen-bond acceptors (Lipinski definition) is 2. The molecule has 2 rings (SSSR count). The highest BCUT2D eigenvalue weighted by Gasteiger charge is 2.11. The number of methoxy groups -OCH3 is 1. The molecule has 0 aliphatic rings. The summed E-state index contributed by atoms with van der Waals surface area (Å²) in [5, 5.41) is 0. The molecular weight excluding hydrogens is 502 g/mol. The summed E-state index contributed by atoms with van der Waals surface area (Å²) in [4.78, 5) is 0. The summed E-state index contributed by atoms with van der Waals surface area (Å²) in [6, 6.07) is 12.2. The van der Waals surface area contributed by atoms with Gasteiger partial charge in [-0.15, -0.1) is 0 Å². The second kappa shape index (κ2) is 8.19. The van der Waals surface area contributed by atoms with Gasteiger partial charge in [-0.05, 0) is 88.4 Å². The van der Waals surface area contributed by atoms with Crippen molar-refractivity contribution in [2.24, 2.45) is 0 Å². The molecule has 0 spiro atoms. The van der Waals surface area contributed by atoms with Crippen LogP contribution in [0.15, 0.2) is 48.6 Å². The lowest BCUT2D eigenvalue weighted by atomic mass is 10.1. The first kappa shape index (κ1) is 17.6. The minimum atomic E-state index is 0.545. The summed E-state index contributed by atoms with van der Waals surface area (Å²) >= 11 is 4.67. The normalized spacial score (nSPS) is 10.4. The van der Waals surface area contributed by atoms with Crippen molar-refractivity contribution in [3.05, 3.63) is 66.8 Å². The van der Waals surface area contributed by atoms with E-state index in [1.807, 2.05) is 31.2 Å². The molecule has 0 bridgehead atoms. The molecular formula is C18H18I2O2. The maximum Gasteiger partial charge on any atom is 0.136 e. The first-order valence-electron chi connectivity index (χ1n) is 6.87. The largest absolute Gasteiger partial charge is 0.497 e. The molecule has 0 unspecified atom stereocenters. The Bertz CT molecular complexity index is 664. The van der Waals surface area contributed by atoms with E-state index in [1.165, 1.54) is 9.13 Å². The smallest absolute Gasteiger partial charge is 0.136 e. The summed E-state index contributed by atoms with van der Waals surface area (Å²) in [5.74, 6) is 1.82. The Hall–Kier alpha value is -0.760. The minimum Gasteiger partial charge on any atom is -0.497 e. The lowest BCUT2D eigenvalue weighted by Crippen LogP contribution is -2.02. The zero-order valence-corrected chi connectivity index (χ0v) is 17.0. The number of allylic oxidation sites excluding steroid dienone is 1. The predicted molar refractivity (Wildman–Crippen MR) is 108 cm³/mol. The Labute approximate surface area is 159 Å². The van der Waals surface area contributed by atoms with Gasteiger partial charge in [-0.3, -0.25) is 0 Å². The Kier molecular flexibility index (Phi) is 6.55. The highest BCUT2D eigenvalue weighted by atomic mass is 127. The van der Waals surface area contributed by atoms with Crippen LogP contribution in [-0.4, -0.2) is 7.11 Å². The molecule has 22 heavy (non-hydrogen) atoms. The van der Waals surface area contributed by atoms with Crippen molar-refractivity contribution < 1.29 is 9.47 Å². The van der Waals surface area contributed by atoms with Crippen LogP contribution in [0.1, 0.15) is 18.1 Å². The predicted octanol–water partition coefficient (Wildman–Crippen LogP) is 5.60. The average Bonchev–Trinajstić information content (AvgIpc) is 2.46. The van der Waals surface area contributed by atoms with Gasteiger partial charge in [-0.25, -0.2) is 0 Å². The topological polar surface area (TPSA) is 18.5 Å². The van der Waals surface area contributed by atoms with Crippen molar-refractivity contribution >= 4 is 45.2 Å².